The predicted molar refractivity (Wildman–Crippen MR) is 68.9 cm³/mol. The van der Waals surface area contributed by atoms with E-state index in [1.165, 1.54) is 13.8 Å². The summed E-state index contributed by atoms with van der Waals surface area (Å²) < 4.78 is 5.00. The van der Waals surface area contributed by atoms with E-state index in [0.717, 1.165) is 22.3 Å². The second-order valence-corrected chi connectivity index (χ2v) is 4.40. The summed E-state index contributed by atoms with van der Waals surface area (Å²) in [6.07, 6.45) is 0. The molecule has 0 aliphatic rings. The third kappa shape index (κ3) is 4.20. The van der Waals surface area contributed by atoms with Crippen LogP contribution in [0.1, 0.15) is 36.1 Å². The number of benzene rings is 1. The lowest BCUT2D eigenvalue weighted by Gasteiger charge is -2.12. The molecule has 18 heavy (non-hydrogen) atoms. The highest BCUT2D eigenvalue weighted by Crippen LogP contribution is 2.17. The average molecular weight is 249 g/mol. The van der Waals surface area contributed by atoms with E-state index in [2.05, 4.69) is 5.32 Å². The minimum Gasteiger partial charge on any atom is -0.461 e. The third-order valence-corrected chi connectivity index (χ3v) is 2.75. The molecule has 1 amide bonds. The van der Waals surface area contributed by atoms with Crippen molar-refractivity contribution in [3.8, 4) is 0 Å². The van der Waals surface area contributed by atoms with E-state index in [0.29, 0.717) is 6.54 Å². The highest BCUT2D eigenvalue weighted by atomic mass is 16.5. The molecule has 4 heteroatoms. The summed E-state index contributed by atoms with van der Waals surface area (Å²) in [6.45, 7) is 7.63. The fraction of sp³-hybridized carbons (Fsp3) is 0.429. The van der Waals surface area contributed by atoms with Crippen LogP contribution in [-0.4, -0.2) is 11.9 Å². The van der Waals surface area contributed by atoms with Gasteiger partial charge in [0, 0.05) is 20.4 Å². The lowest BCUT2D eigenvalue weighted by molar-refractivity contribution is -0.142. The molecular weight excluding hydrogens is 230 g/mol. The Labute approximate surface area is 107 Å². The minimum atomic E-state index is -0.293. The second-order valence-electron chi connectivity index (χ2n) is 4.40. The van der Waals surface area contributed by atoms with Crippen molar-refractivity contribution in [3.05, 3.63) is 34.4 Å². The van der Waals surface area contributed by atoms with Gasteiger partial charge in [-0.25, -0.2) is 0 Å². The van der Waals surface area contributed by atoms with Crippen LogP contribution in [0.5, 0.6) is 0 Å². The molecule has 1 N–H and O–H groups in total. The number of amides is 1. The number of hydrogen-bond donors (Lipinski definition) is 1. The molecule has 0 saturated heterocycles. The van der Waals surface area contributed by atoms with Crippen molar-refractivity contribution in [1.82, 2.24) is 5.32 Å². The first-order valence-electron chi connectivity index (χ1n) is 5.87. The summed E-state index contributed by atoms with van der Waals surface area (Å²) in [4.78, 5) is 21.7. The summed E-state index contributed by atoms with van der Waals surface area (Å²) in [5.41, 5.74) is 4.21. The number of carbonyl (C=O) groups excluding carboxylic acids is 2. The van der Waals surface area contributed by atoms with Gasteiger partial charge in [0.15, 0.2) is 0 Å². The van der Waals surface area contributed by atoms with Crippen LogP contribution in [0.4, 0.5) is 0 Å². The van der Waals surface area contributed by atoms with E-state index in [-0.39, 0.29) is 18.5 Å². The number of hydrogen-bond acceptors (Lipinski definition) is 3. The number of rotatable bonds is 4. The Kier molecular flexibility index (Phi) is 4.89. The fourth-order valence-electron chi connectivity index (χ4n) is 1.69. The van der Waals surface area contributed by atoms with Crippen molar-refractivity contribution in [1.29, 1.82) is 0 Å². The zero-order chi connectivity index (χ0) is 13.7. The molecule has 1 rings (SSSR count). The standard InChI is InChI=1S/C14H19NO3/c1-9-5-10(2)14(8-18-12(4)17)6-13(9)7-15-11(3)16/h5-6H,7-8H2,1-4H3,(H,15,16). The van der Waals surface area contributed by atoms with Gasteiger partial charge < -0.3 is 10.1 Å². The Morgan fingerprint density at radius 2 is 1.72 bits per heavy atom. The fourth-order valence-corrected chi connectivity index (χ4v) is 1.69. The molecule has 4 nitrogen and oxygen atoms in total. The van der Waals surface area contributed by atoms with Gasteiger partial charge >= 0.3 is 5.97 Å². The lowest BCUT2D eigenvalue weighted by Crippen LogP contribution is -2.19. The molecular formula is C14H19NO3. The highest BCUT2D eigenvalue weighted by molar-refractivity contribution is 5.72. The van der Waals surface area contributed by atoms with Gasteiger partial charge in [0.25, 0.3) is 0 Å². The zero-order valence-electron chi connectivity index (χ0n) is 11.3. The van der Waals surface area contributed by atoms with Crippen molar-refractivity contribution in [2.75, 3.05) is 0 Å². The molecule has 0 atom stereocenters. The Bertz CT molecular complexity index is 427. The van der Waals surface area contributed by atoms with Gasteiger partial charge in [-0.1, -0.05) is 12.1 Å². The normalized spacial score (nSPS) is 10.0. The van der Waals surface area contributed by atoms with Gasteiger partial charge in [0.05, 0.1) is 0 Å². The monoisotopic (exact) mass is 249 g/mol. The summed E-state index contributed by atoms with van der Waals surface area (Å²) >= 11 is 0. The van der Waals surface area contributed by atoms with Crippen LogP contribution >= 0.6 is 0 Å². The number of ether oxygens (including phenoxy) is 1. The molecule has 0 aliphatic heterocycles. The number of aryl methyl sites for hydroxylation is 2. The number of nitrogens with one attached hydrogen (secondary N) is 1. The number of esters is 1. The summed E-state index contributed by atoms with van der Waals surface area (Å²) in [5.74, 6) is -0.352. The topological polar surface area (TPSA) is 55.4 Å². The van der Waals surface area contributed by atoms with Gasteiger partial charge in [-0.3, -0.25) is 9.59 Å². The van der Waals surface area contributed by atoms with Crippen molar-refractivity contribution in [2.24, 2.45) is 0 Å². The molecule has 1 aromatic carbocycles. The largest absolute Gasteiger partial charge is 0.461 e. The van der Waals surface area contributed by atoms with Crippen molar-refractivity contribution < 1.29 is 14.3 Å². The first-order chi connectivity index (χ1) is 8.40. The minimum absolute atomic E-state index is 0.0588. The first kappa shape index (κ1) is 14.2. The summed E-state index contributed by atoms with van der Waals surface area (Å²) in [7, 11) is 0. The van der Waals surface area contributed by atoms with E-state index in [1.54, 1.807) is 0 Å². The second kappa shape index (κ2) is 6.19. The van der Waals surface area contributed by atoms with Crippen LogP contribution in [0.2, 0.25) is 0 Å². The van der Waals surface area contributed by atoms with Gasteiger partial charge in [0.2, 0.25) is 5.91 Å². The molecule has 0 saturated carbocycles. The predicted octanol–water partition coefficient (Wildman–Crippen LogP) is 2.00. The zero-order valence-corrected chi connectivity index (χ0v) is 11.3. The van der Waals surface area contributed by atoms with E-state index >= 15 is 0 Å². The van der Waals surface area contributed by atoms with Crippen LogP contribution in [0.3, 0.4) is 0 Å². The molecule has 0 heterocycles. The van der Waals surface area contributed by atoms with Gasteiger partial charge in [-0.05, 0) is 36.1 Å². The van der Waals surface area contributed by atoms with Gasteiger partial charge in [-0.2, -0.15) is 0 Å². The molecule has 0 bridgehead atoms. The van der Waals surface area contributed by atoms with Crippen molar-refractivity contribution in [3.63, 3.8) is 0 Å². The summed E-state index contributed by atoms with van der Waals surface area (Å²) in [5, 5.41) is 2.77. The smallest absolute Gasteiger partial charge is 0.302 e. The third-order valence-electron chi connectivity index (χ3n) is 2.75. The maximum Gasteiger partial charge on any atom is 0.302 e. The molecule has 0 aliphatic carbocycles. The maximum atomic E-state index is 10.9. The van der Waals surface area contributed by atoms with Crippen LogP contribution < -0.4 is 5.32 Å². The molecule has 1 aromatic rings. The van der Waals surface area contributed by atoms with Crippen molar-refractivity contribution in [2.45, 2.75) is 40.8 Å². The summed E-state index contributed by atoms with van der Waals surface area (Å²) in [6, 6.07) is 4.01. The molecule has 0 aromatic heterocycles. The lowest BCUT2D eigenvalue weighted by atomic mass is 10.0. The number of carbonyl (C=O) groups is 2. The van der Waals surface area contributed by atoms with Crippen LogP contribution in [0.25, 0.3) is 0 Å². The van der Waals surface area contributed by atoms with E-state index in [4.69, 9.17) is 4.74 Å². The maximum absolute atomic E-state index is 10.9. The highest BCUT2D eigenvalue weighted by Gasteiger charge is 2.06. The van der Waals surface area contributed by atoms with E-state index in [1.807, 2.05) is 26.0 Å². The Morgan fingerprint density at radius 1 is 1.11 bits per heavy atom. The molecule has 0 radical (unpaired) electrons. The average Bonchev–Trinajstić information content (AvgIpc) is 2.26. The first-order valence-corrected chi connectivity index (χ1v) is 5.87. The Hall–Kier alpha value is -1.84. The molecule has 0 fully saturated rings. The van der Waals surface area contributed by atoms with Crippen LogP contribution in [0, 0.1) is 13.8 Å². The Morgan fingerprint density at radius 3 is 2.28 bits per heavy atom. The Balaban J connectivity index is 2.87. The van der Waals surface area contributed by atoms with E-state index < -0.39 is 0 Å². The van der Waals surface area contributed by atoms with Crippen molar-refractivity contribution >= 4 is 11.9 Å². The van der Waals surface area contributed by atoms with Gasteiger partial charge in [0.1, 0.15) is 6.61 Å². The molecule has 98 valence electrons. The molecule has 0 spiro atoms. The molecule has 0 unspecified atom stereocenters. The van der Waals surface area contributed by atoms with E-state index in [9.17, 15) is 9.59 Å². The van der Waals surface area contributed by atoms with Crippen LogP contribution in [0.15, 0.2) is 12.1 Å². The van der Waals surface area contributed by atoms with Crippen LogP contribution in [-0.2, 0) is 27.5 Å². The SMILES string of the molecule is CC(=O)NCc1cc(COC(C)=O)c(C)cc1C. The van der Waals surface area contributed by atoms with Gasteiger partial charge in [-0.15, -0.1) is 0 Å². The quantitative estimate of drug-likeness (QED) is 0.830.